The van der Waals surface area contributed by atoms with Crippen molar-refractivity contribution in [1.29, 1.82) is 0 Å². The Morgan fingerprint density at radius 1 is 1.27 bits per heavy atom. The van der Waals surface area contributed by atoms with Crippen LogP contribution in [-0.2, 0) is 9.53 Å². The molecule has 26 heavy (non-hydrogen) atoms. The number of morpholine rings is 1. The minimum atomic E-state index is -0.245. The van der Waals surface area contributed by atoms with Crippen molar-refractivity contribution in [2.75, 3.05) is 19.7 Å². The second-order valence-corrected chi connectivity index (χ2v) is 7.96. The first kappa shape index (κ1) is 19.3. The molecule has 5 heteroatoms. The third-order valence-electron chi connectivity index (χ3n) is 6.30. The van der Waals surface area contributed by atoms with Gasteiger partial charge in [-0.15, -0.1) is 0 Å². The second kappa shape index (κ2) is 8.49. The summed E-state index contributed by atoms with van der Waals surface area (Å²) in [5.74, 6) is 1.05. The topological polar surface area (TPSA) is 41.6 Å². The van der Waals surface area contributed by atoms with Gasteiger partial charge in [0.2, 0.25) is 5.91 Å². The highest BCUT2D eigenvalue weighted by molar-refractivity contribution is 5.81. The summed E-state index contributed by atoms with van der Waals surface area (Å²) in [6, 6.07) is 6.53. The van der Waals surface area contributed by atoms with E-state index in [0.29, 0.717) is 25.0 Å². The van der Waals surface area contributed by atoms with Crippen LogP contribution in [0.25, 0.3) is 0 Å². The number of hydrogen-bond acceptors (Lipinski definition) is 3. The van der Waals surface area contributed by atoms with Crippen LogP contribution in [0.15, 0.2) is 24.3 Å². The molecule has 0 spiro atoms. The normalized spacial score (nSPS) is 31.4. The summed E-state index contributed by atoms with van der Waals surface area (Å²) >= 11 is 0. The Kier molecular flexibility index (Phi) is 6.30. The van der Waals surface area contributed by atoms with Gasteiger partial charge in [0.25, 0.3) is 0 Å². The first-order chi connectivity index (χ1) is 12.5. The summed E-state index contributed by atoms with van der Waals surface area (Å²) in [5, 5.41) is 3.29. The van der Waals surface area contributed by atoms with E-state index in [-0.39, 0.29) is 29.9 Å². The molecule has 1 aromatic rings. The fraction of sp³-hybridized carbons (Fsp3) is 0.667. The van der Waals surface area contributed by atoms with Gasteiger partial charge in [0.1, 0.15) is 5.82 Å². The first-order valence-corrected chi connectivity index (χ1v) is 9.87. The Morgan fingerprint density at radius 3 is 2.73 bits per heavy atom. The van der Waals surface area contributed by atoms with Crippen LogP contribution in [0.3, 0.4) is 0 Å². The highest BCUT2D eigenvalue weighted by Crippen LogP contribution is 2.30. The lowest BCUT2D eigenvalue weighted by Crippen LogP contribution is -2.54. The summed E-state index contributed by atoms with van der Waals surface area (Å²) in [6.45, 7) is 8.47. The molecular weight excluding hydrogens is 331 g/mol. The average molecular weight is 362 g/mol. The van der Waals surface area contributed by atoms with Gasteiger partial charge in [0.05, 0.1) is 18.8 Å². The Balaban J connectivity index is 1.58. The van der Waals surface area contributed by atoms with Gasteiger partial charge in [-0.2, -0.15) is 0 Å². The van der Waals surface area contributed by atoms with Gasteiger partial charge in [-0.1, -0.05) is 38.8 Å². The SMILES string of the molecule is C[C@@H]1[C@H](C)CCC[C@@H]1NC(=O)[C@H](C)N1CCO[C@H](c2ccc(F)cc2)C1. The van der Waals surface area contributed by atoms with Crippen LogP contribution in [0.1, 0.15) is 51.7 Å². The van der Waals surface area contributed by atoms with Crippen LogP contribution in [0.5, 0.6) is 0 Å². The summed E-state index contributed by atoms with van der Waals surface area (Å²) in [5.41, 5.74) is 0.957. The van der Waals surface area contributed by atoms with E-state index in [1.807, 2.05) is 6.92 Å². The van der Waals surface area contributed by atoms with Gasteiger partial charge in [-0.05, 0) is 42.9 Å². The molecule has 144 valence electrons. The number of nitrogens with one attached hydrogen (secondary N) is 1. The number of rotatable bonds is 4. The van der Waals surface area contributed by atoms with Crippen molar-refractivity contribution in [3.8, 4) is 0 Å². The van der Waals surface area contributed by atoms with Gasteiger partial charge in [-0.25, -0.2) is 4.39 Å². The number of nitrogens with zero attached hydrogens (tertiary/aromatic N) is 1. The number of amides is 1. The molecule has 2 fully saturated rings. The van der Waals surface area contributed by atoms with Crippen molar-refractivity contribution in [3.63, 3.8) is 0 Å². The van der Waals surface area contributed by atoms with E-state index in [1.165, 1.54) is 25.0 Å². The predicted molar refractivity (Wildman–Crippen MR) is 100 cm³/mol. The smallest absolute Gasteiger partial charge is 0.237 e. The zero-order valence-electron chi connectivity index (χ0n) is 16.1. The maximum Gasteiger partial charge on any atom is 0.237 e. The Hall–Kier alpha value is -1.46. The first-order valence-electron chi connectivity index (χ1n) is 9.87. The van der Waals surface area contributed by atoms with E-state index >= 15 is 0 Å². The van der Waals surface area contributed by atoms with Crippen LogP contribution < -0.4 is 5.32 Å². The molecule has 5 atom stereocenters. The van der Waals surface area contributed by atoms with Crippen molar-refractivity contribution in [3.05, 3.63) is 35.6 Å². The second-order valence-electron chi connectivity index (χ2n) is 7.96. The lowest BCUT2D eigenvalue weighted by molar-refractivity contribution is -0.130. The summed E-state index contributed by atoms with van der Waals surface area (Å²) in [6.07, 6.45) is 3.40. The molecular formula is C21H31FN2O2. The van der Waals surface area contributed by atoms with Crippen LogP contribution in [0, 0.1) is 17.7 Å². The fourth-order valence-corrected chi connectivity index (χ4v) is 4.15. The molecule has 2 aliphatic rings. The minimum Gasteiger partial charge on any atom is -0.371 e. The fourth-order valence-electron chi connectivity index (χ4n) is 4.15. The zero-order valence-corrected chi connectivity index (χ0v) is 16.1. The molecule has 0 unspecified atom stereocenters. The number of halogens is 1. The molecule has 4 nitrogen and oxygen atoms in total. The quantitative estimate of drug-likeness (QED) is 0.891. The van der Waals surface area contributed by atoms with Gasteiger partial charge < -0.3 is 10.1 Å². The highest BCUT2D eigenvalue weighted by Gasteiger charge is 2.32. The van der Waals surface area contributed by atoms with Gasteiger partial charge >= 0.3 is 0 Å². The molecule has 1 aliphatic heterocycles. The van der Waals surface area contributed by atoms with Crippen molar-refractivity contribution >= 4 is 5.91 Å². The molecule has 0 bridgehead atoms. The van der Waals surface area contributed by atoms with Crippen molar-refractivity contribution < 1.29 is 13.9 Å². The van der Waals surface area contributed by atoms with Crippen LogP contribution in [0.4, 0.5) is 4.39 Å². The largest absolute Gasteiger partial charge is 0.371 e. The number of ether oxygens (including phenoxy) is 1. The number of benzene rings is 1. The minimum absolute atomic E-state index is 0.107. The Morgan fingerprint density at radius 2 is 2.00 bits per heavy atom. The molecule has 3 rings (SSSR count). The summed E-state index contributed by atoms with van der Waals surface area (Å²) in [4.78, 5) is 15.0. The van der Waals surface area contributed by atoms with Crippen molar-refractivity contribution in [2.24, 2.45) is 11.8 Å². The van der Waals surface area contributed by atoms with E-state index in [1.54, 1.807) is 12.1 Å². The maximum absolute atomic E-state index is 13.1. The number of carbonyl (C=O) groups is 1. The lowest BCUT2D eigenvalue weighted by atomic mass is 9.78. The molecule has 1 amide bonds. The maximum atomic E-state index is 13.1. The van der Waals surface area contributed by atoms with E-state index < -0.39 is 0 Å². The van der Waals surface area contributed by atoms with E-state index in [4.69, 9.17) is 4.74 Å². The van der Waals surface area contributed by atoms with Crippen molar-refractivity contribution in [2.45, 2.75) is 58.2 Å². The molecule has 1 saturated carbocycles. The van der Waals surface area contributed by atoms with Crippen LogP contribution in [0.2, 0.25) is 0 Å². The third kappa shape index (κ3) is 4.44. The molecule has 1 N–H and O–H groups in total. The molecule has 1 saturated heterocycles. The van der Waals surface area contributed by atoms with Crippen molar-refractivity contribution in [1.82, 2.24) is 10.2 Å². The molecule has 1 heterocycles. The number of carbonyl (C=O) groups excluding carboxylic acids is 1. The number of hydrogen-bond donors (Lipinski definition) is 1. The van der Waals surface area contributed by atoms with Gasteiger partial charge in [-0.3, -0.25) is 9.69 Å². The third-order valence-corrected chi connectivity index (χ3v) is 6.30. The Bertz CT molecular complexity index is 607. The summed E-state index contributed by atoms with van der Waals surface area (Å²) < 4.78 is 19.0. The van der Waals surface area contributed by atoms with E-state index in [0.717, 1.165) is 18.5 Å². The Labute approximate surface area is 156 Å². The van der Waals surface area contributed by atoms with Gasteiger partial charge in [0, 0.05) is 19.1 Å². The molecule has 0 radical (unpaired) electrons. The van der Waals surface area contributed by atoms with Gasteiger partial charge in [0.15, 0.2) is 0 Å². The van der Waals surface area contributed by atoms with Crippen LogP contribution >= 0.6 is 0 Å². The highest BCUT2D eigenvalue weighted by atomic mass is 19.1. The monoisotopic (exact) mass is 362 g/mol. The average Bonchev–Trinajstić information content (AvgIpc) is 2.65. The molecule has 1 aliphatic carbocycles. The lowest BCUT2D eigenvalue weighted by Gasteiger charge is -2.39. The summed E-state index contributed by atoms with van der Waals surface area (Å²) in [7, 11) is 0. The standard InChI is InChI=1S/C21H31FN2O2/c1-14-5-4-6-19(15(14)2)23-21(25)16(3)24-11-12-26-20(13-24)17-7-9-18(22)10-8-17/h7-10,14-16,19-20H,4-6,11-13H2,1-3H3,(H,23,25)/t14-,15-,16+,19+,20+/m1/s1. The molecule has 1 aromatic carbocycles. The van der Waals surface area contributed by atoms with E-state index in [2.05, 4.69) is 24.1 Å². The molecule has 0 aromatic heterocycles. The zero-order chi connectivity index (χ0) is 18.7. The van der Waals surface area contributed by atoms with E-state index in [9.17, 15) is 9.18 Å². The van der Waals surface area contributed by atoms with Crippen LogP contribution in [-0.4, -0.2) is 42.6 Å². The predicted octanol–water partition coefficient (Wildman–Crippen LogP) is 3.53.